The van der Waals surface area contributed by atoms with Crippen LogP contribution in [-0.2, 0) is 9.59 Å². The third-order valence-electron chi connectivity index (χ3n) is 2.73. The summed E-state index contributed by atoms with van der Waals surface area (Å²) < 4.78 is 0. The summed E-state index contributed by atoms with van der Waals surface area (Å²) in [5, 5.41) is 14.0. The third-order valence-corrected chi connectivity index (χ3v) is 2.73. The molecule has 3 N–H and O–H groups in total. The van der Waals surface area contributed by atoms with E-state index < -0.39 is 24.0 Å². The second kappa shape index (κ2) is 8.39. The smallest absolute Gasteiger partial charge is 0.317 e. The van der Waals surface area contributed by atoms with Gasteiger partial charge in [-0.05, 0) is 12.8 Å². The first-order valence-electron chi connectivity index (χ1n) is 6.67. The number of carboxylic acid groups (broad SMARTS) is 1. The van der Waals surface area contributed by atoms with Crippen LogP contribution in [0.1, 0.15) is 27.7 Å². The number of hydrogen-bond acceptors (Lipinski definition) is 3. The number of hydrogen-bond donors (Lipinski definition) is 3. The lowest BCUT2D eigenvalue weighted by atomic mass is 10.2. The minimum absolute atomic E-state index is 0.0848. The number of rotatable bonds is 7. The van der Waals surface area contributed by atoms with E-state index in [0.29, 0.717) is 12.5 Å². The number of carboxylic acids is 1. The fourth-order valence-electron chi connectivity index (χ4n) is 1.39. The minimum Gasteiger partial charge on any atom is -0.481 e. The molecule has 0 aromatic carbocycles. The average Bonchev–Trinajstić information content (AvgIpc) is 2.35. The van der Waals surface area contributed by atoms with Crippen LogP contribution in [0.3, 0.4) is 0 Å². The molecule has 0 spiro atoms. The van der Waals surface area contributed by atoms with Gasteiger partial charge >= 0.3 is 12.0 Å². The molecule has 0 fully saturated rings. The quantitative estimate of drug-likeness (QED) is 0.635. The molecule has 20 heavy (non-hydrogen) atoms. The molecule has 2 unspecified atom stereocenters. The van der Waals surface area contributed by atoms with Gasteiger partial charge in [-0.2, -0.15) is 0 Å². The Morgan fingerprint density at radius 2 is 1.70 bits per heavy atom. The molecule has 0 saturated heterocycles. The first kappa shape index (κ1) is 18.2. The highest BCUT2D eigenvalue weighted by molar-refractivity contribution is 5.86. The Morgan fingerprint density at radius 3 is 2.15 bits per heavy atom. The number of nitrogens with zero attached hydrogens (tertiary/aromatic N) is 1. The van der Waals surface area contributed by atoms with Crippen molar-refractivity contribution < 1.29 is 19.5 Å². The lowest BCUT2D eigenvalue weighted by Crippen LogP contribution is -2.50. The molecule has 0 heterocycles. The first-order chi connectivity index (χ1) is 9.15. The highest BCUT2D eigenvalue weighted by Crippen LogP contribution is 1.99. The molecule has 0 aliphatic rings. The first-order valence-corrected chi connectivity index (χ1v) is 6.67. The van der Waals surface area contributed by atoms with E-state index in [9.17, 15) is 14.4 Å². The van der Waals surface area contributed by atoms with Crippen molar-refractivity contribution >= 4 is 17.9 Å². The van der Waals surface area contributed by atoms with Gasteiger partial charge in [0.25, 0.3) is 0 Å². The van der Waals surface area contributed by atoms with Crippen molar-refractivity contribution in [1.29, 1.82) is 0 Å². The molecule has 7 nitrogen and oxygen atoms in total. The van der Waals surface area contributed by atoms with Gasteiger partial charge in [0, 0.05) is 20.1 Å². The van der Waals surface area contributed by atoms with Crippen molar-refractivity contribution in [1.82, 2.24) is 15.5 Å². The predicted molar refractivity (Wildman–Crippen MR) is 75.3 cm³/mol. The van der Waals surface area contributed by atoms with Crippen molar-refractivity contribution in [2.24, 2.45) is 11.8 Å². The van der Waals surface area contributed by atoms with Gasteiger partial charge in [-0.25, -0.2) is 4.79 Å². The second-order valence-corrected chi connectivity index (χ2v) is 5.43. The number of nitrogens with one attached hydrogen (secondary N) is 2. The molecule has 0 aromatic heterocycles. The topological polar surface area (TPSA) is 98.7 Å². The summed E-state index contributed by atoms with van der Waals surface area (Å²) in [5.41, 5.74) is 0. The summed E-state index contributed by atoms with van der Waals surface area (Å²) in [6.07, 6.45) is 0. The van der Waals surface area contributed by atoms with Gasteiger partial charge in [-0.3, -0.25) is 9.59 Å². The number of carbonyl (C=O) groups excluding carboxylic acids is 2. The summed E-state index contributed by atoms with van der Waals surface area (Å²) in [6, 6.07) is -1.13. The third kappa shape index (κ3) is 6.96. The Bertz CT molecular complexity index is 358. The molecule has 0 aliphatic carbocycles. The SMILES string of the molecule is CC(C)CNC(=O)C(C)NC(=O)N(C)CC(C)C(=O)O. The fraction of sp³-hybridized carbons (Fsp3) is 0.769. The monoisotopic (exact) mass is 287 g/mol. The summed E-state index contributed by atoms with van der Waals surface area (Å²) in [4.78, 5) is 35.5. The Balaban J connectivity index is 4.24. The summed E-state index contributed by atoms with van der Waals surface area (Å²) >= 11 is 0. The summed E-state index contributed by atoms with van der Waals surface area (Å²) in [7, 11) is 1.49. The Morgan fingerprint density at radius 1 is 1.15 bits per heavy atom. The molecule has 0 saturated carbocycles. The molecule has 0 bridgehead atoms. The van der Waals surface area contributed by atoms with Gasteiger partial charge in [-0.1, -0.05) is 20.8 Å². The predicted octanol–water partition coefficient (Wildman–Crippen LogP) is 0.509. The maximum absolute atomic E-state index is 11.8. The van der Waals surface area contributed by atoms with E-state index in [2.05, 4.69) is 10.6 Å². The molecule has 0 aromatic rings. The molecular formula is C13H25N3O4. The summed E-state index contributed by atoms with van der Waals surface area (Å²) in [5.74, 6) is -1.55. The normalized spacial score (nSPS) is 13.5. The zero-order valence-electron chi connectivity index (χ0n) is 12.8. The molecule has 0 rings (SSSR count). The van der Waals surface area contributed by atoms with Crippen molar-refractivity contribution in [2.45, 2.75) is 33.7 Å². The van der Waals surface area contributed by atoms with E-state index in [1.807, 2.05) is 13.8 Å². The molecule has 0 aliphatic heterocycles. The van der Waals surface area contributed by atoms with Gasteiger partial charge in [0.15, 0.2) is 0 Å². The Labute approximate surface area is 119 Å². The highest BCUT2D eigenvalue weighted by Gasteiger charge is 2.21. The number of amides is 3. The van der Waals surface area contributed by atoms with Crippen LogP contribution in [0.15, 0.2) is 0 Å². The van der Waals surface area contributed by atoms with Crippen LogP contribution in [0, 0.1) is 11.8 Å². The van der Waals surface area contributed by atoms with Gasteiger partial charge in [0.05, 0.1) is 5.92 Å². The van der Waals surface area contributed by atoms with Crippen LogP contribution in [0.5, 0.6) is 0 Å². The maximum atomic E-state index is 11.8. The summed E-state index contributed by atoms with van der Waals surface area (Å²) in [6.45, 7) is 7.69. The van der Waals surface area contributed by atoms with E-state index in [1.165, 1.54) is 18.9 Å². The zero-order chi connectivity index (χ0) is 15.9. The van der Waals surface area contributed by atoms with Gasteiger partial charge in [0.1, 0.15) is 6.04 Å². The molecule has 2 atom stereocenters. The van der Waals surface area contributed by atoms with Gasteiger partial charge in [-0.15, -0.1) is 0 Å². The zero-order valence-corrected chi connectivity index (χ0v) is 12.8. The van der Waals surface area contributed by atoms with E-state index in [0.717, 1.165) is 0 Å². The van der Waals surface area contributed by atoms with Crippen molar-refractivity contribution in [3.05, 3.63) is 0 Å². The van der Waals surface area contributed by atoms with Gasteiger partial charge in [0.2, 0.25) is 5.91 Å². The largest absolute Gasteiger partial charge is 0.481 e. The molecular weight excluding hydrogens is 262 g/mol. The second-order valence-electron chi connectivity index (χ2n) is 5.43. The van der Waals surface area contributed by atoms with Crippen LogP contribution in [0.4, 0.5) is 4.79 Å². The number of aliphatic carboxylic acids is 1. The molecule has 7 heteroatoms. The van der Waals surface area contributed by atoms with Crippen LogP contribution in [0.2, 0.25) is 0 Å². The Hall–Kier alpha value is -1.79. The van der Waals surface area contributed by atoms with Crippen LogP contribution >= 0.6 is 0 Å². The van der Waals surface area contributed by atoms with E-state index in [-0.39, 0.29) is 12.5 Å². The standard InChI is InChI=1S/C13H25N3O4/c1-8(2)6-14-11(17)10(4)15-13(20)16(5)7-9(3)12(18)19/h8-10H,6-7H2,1-5H3,(H,14,17)(H,15,20)(H,18,19). The Kier molecular flexibility index (Phi) is 7.64. The fourth-order valence-corrected chi connectivity index (χ4v) is 1.39. The molecule has 3 amide bonds. The average molecular weight is 287 g/mol. The molecule has 0 radical (unpaired) electrons. The van der Waals surface area contributed by atoms with Crippen LogP contribution < -0.4 is 10.6 Å². The van der Waals surface area contributed by atoms with Crippen LogP contribution in [-0.4, -0.2) is 54.1 Å². The number of urea groups is 1. The highest BCUT2D eigenvalue weighted by atomic mass is 16.4. The van der Waals surface area contributed by atoms with E-state index in [1.54, 1.807) is 6.92 Å². The maximum Gasteiger partial charge on any atom is 0.317 e. The minimum atomic E-state index is -0.965. The van der Waals surface area contributed by atoms with Crippen molar-refractivity contribution in [3.8, 4) is 0 Å². The van der Waals surface area contributed by atoms with E-state index in [4.69, 9.17) is 5.11 Å². The van der Waals surface area contributed by atoms with Crippen molar-refractivity contribution in [2.75, 3.05) is 20.1 Å². The lowest BCUT2D eigenvalue weighted by Gasteiger charge is -2.22. The van der Waals surface area contributed by atoms with E-state index >= 15 is 0 Å². The van der Waals surface area contributed by atoms with Crippen molar-refractivity contribution in [3.63, 3.8) is 0 Å². The molecule has 116 valence electrons. The van der Waals surface area contributed by atoms with Crippen LogP contribution in [0.25, 0.3) is 0 Å². The van der Waals surface area contributed by atoms with Gasteiger partial charge < -0.3 is 20.6 Å². The lowest BCUT2D eigenvalue weighted by molar-refractivity contribution is -0.141. The number of carbonyl (C=O) groups is 3.